The summed E-state index contributed by atoms with van der Waals surface area (Å²) < 4.78 is 10.8. The molecule has 1 heterocycles. The molecular weight excluding hydrogens is 356 g/mol. The van der Waals surface area contributed by atoms with Crippen molar-refractivity contribution in [3.05, 3.63) is 60.2 Å². The first-order valence-electron chi connectivity index (χ1n) is 9.47. The first-order valence-corrected chi connectivity index (χ1v) is 9.47. The second kappa shape index (κ2) is 9.26. The molecule has 148 valence electrons. The molecule has 2 amide bonds. The van der Waals surface area contributed by atoms with Gasteiger partial charge in [-0.2, -0.15) is 0 Å². The van der Waals surface area contributed by atoms with Gasteiger partial charge < -0.3 is 19.3 Å². The van der Waals surface area contributed by atoms with E-state index >= 15 is 0 Å². The lowest BCUT2D eigenvalue weighted by Gasteiger charge is -2.38. The molecule has 2 aromatic rings. The molecule has 0 unspecified atom stereocenters. The summed E-state index contributed by atoms with van der Waals surface area (Å²) in [6, 6.07) is 16.6. The van der Waals surface area contributed by atoms with E-state index < -0.39 is 6.04 Å². The van der Waals surface area contributed by atoms with E-state index in [1.807, 2.05) is 54.6 Å². The lowest BCUT2D eigenvalue weighted by atomic mass is 10.1. The molecule has 0 aromatic heterocycles. The van der Waals surface area contributed by atoms with Crippen molar-refractivity contribution < 1.29 is 19.1 Å². The lowest BCUT2D eigenvalue weighted by Crippen LogP contribution is -2.58. The second-order valence-corrected chi connectivity index (χ2v) is 6.82. The van der Waals surface area contributed by atoms with Crippen LogP contribution in [0.3, 0.4) is 0 Å². The van der Waals surface area contributed by atoms with E-state index in [2.05, 4.69) is 0 Å². The van der Waals surface area contributed by atoms with Crippen LogP contribution in [0, 0.1) is 0 Å². The molecule has 1 aliphatic rings. The fraction of sp³-hybridized carbons (Fsp3) is 0.364. The summed E-state index contributed by atoms with van der Waals surface area (Å²) in [6.45, 7) is 3.36. The average Bonchev–Trinajstić information content (AvgIpc) is 2.72. The number of methoxy groups -OCH3 is 1. The Bertz CT molecular complexity index is 792. The van der Waals surface area contributed by atoms with Crippen molar-refractivity contribution in [2.75, 3.05) is 26.8 Å². The fourth-order valence-electron chi connectivity index (χ4n) is 3.30. The van der Waals surface area contributed by atoms with E-state index in [9.17, 15) is 9.59 Å². The molecule has 0 aliphatic carbocycles. The van der Waals surface area contributed by atoms with Crippen LogP contribution in [-0.4, -0.2) is 54.5 Å². The maximum Gasteiger partial charge on any atom is 0.245 e. The summed E-state index contributed by atoms with van der Waals surface area (Å²) in [4.78, 5) is 28.5. The zero-order valence-corrected chi connectivity index (χ0v) is 16.3. The van der Waals surface area contributed by atoms with Gasteiger partial charge in [-0.3, -0.25) is 9.59 Å². The number of piperazine rings is 1. The first-order chi connectivity index (χ1) is 13.6. The van der Waals surface area contributed by atoms with Gasteiger partial charge in [0.15, 0.2) is 0 Å². The zero-order valence-electron chi connectivity index (χ0n) is 16.3. The molecule has 0 spiro atoms. The molecule has 0 radical (unpaired) electrons. The van der Waals surface area contributed by atoms with Gasteiger partial charge in [0.25, 0.3) is 0 Å². The summed E-state index contributed by atoms with van der Waals surface area (Å²) in [5.41, 5.74) is 1.03. The third-order valence-electron chi connectivity index (χ3n) is 4.87. The van der Waals surface area contributed by atoms with Crippen LogP contribution in [0.15, 0.2) is 54.6 Å². The molecule has 28 heavy (non-hydrogen) atoms. The maximum atomic E-state index is 12.7. The molecule has 6 nitrogen and oxygen atoms in total. The predicted molar refractivity (Wildman–Crippen MR) is 106 cm³/mol. The van der Waals surface area contributed by atoms with Crippen molar-refractivity contribution in [3.63, 3.8) is 0 Å². The average molecular weight is 382 g/mol. The van der Waals surface area contributed by atoms with Crippen LogP contribution >= 0.6 is 0 Å². The molecule has 1 fully saturated rings. The number of rotatable bonds is 8. The summed E-state index contributed by atoms with van der Waals surface area (Å²) in [5, 5.41) is 0. The normalized spacial score (nSPS) is 17.0. The number of carbonyl (C=O) groups is 2. The summed E-state index contributed by atoms with van der Waals surface area (Å²) in [6.07, 6.45) is 0.661. The monoisotopic (exact) mass is 382 g/mol. The largest absolute Gasteiger partial charge is 0.497 e. The highest BCUT2D eigenvalue weighted by atomic mass is 16.5. The van der Waals surface area contributed by atoms with Gasteiger partial charge in [-0.05, 0) is 43.2 Å². The van der Waals surface area contributed by atoms with Gasteiger partial charge in [-0.25, -0.2) is 0 Å². The third-order valence-corrected chi connectivity index (χ3v) is 4.87. The zero-order chi connectivity index (χ0) is 19.9. The Morgan fingerprint density at radius 3 is 2.36 bits per heavy atom. The number of benzene rings is 2. The molecular formula is C22H26N2O4. The van der Waals surface area contributed by atoms with Crippen molar-refractivity contribution in [1.29, 1.82) is 0 Å². The van der Waals surface area contributed by atoms with E-state index in [0.717, 1.165) is 17.1 Å². The SMILES string of the molecule is COc1ccc(OCCCN2C(=O)CN(Cc3ccccc3)C(=O)[C@H]2C)cc1. The number of amides is 2. The van der Waals surface area contributed by atoms with Crippen LogP contribution in [-0.2, 0) is 16.1 Å². The Morgan fingerprint density at radius 2 is 1.68 bits per heavy atom. The van der Waals surface area contributed by atoms with Crippen molar-refractivity contribution in [3.8, 4) is 11.5 Å². The van der Waals surface area contributed by atoms with E-state index in [1.54, 1.807) is 23.8 Å². The minimum Gasteiger partial charge on any atom is -0.497 e. The summed E-state index contributed by atoms with van der Waals surface area (Å²) in [5.74, 6) is 1.49. The molecule has 0 N–H and O–H groups in total. The molecule has 1 atom stereocenters. The van der Waals surface area contributed by atoms with Gasteiger partial charge in [-0.15, -0.1) is 0 Å². The Hall–Kier alpha value is -3.02. The van der Waals surface area contributed by atoms with Gasteiger partial charge in [0.1, 0.15) is 24.1 Å². The third kappa shape index (κ3) is 4.82. The highest BCUT2D eigenvalue weighted by molar-refractivity contribution is 5.94. The Labute approximate surface area is 165 Å². The Balaban J connectivity index is 1.48. The minimum absolute atomic E-state index is 0.0143. The number of hydrogen-bond acceptors (Lipinski definition) is 4. The highest BCUT2D eigenvalue weighted by Gasteiger charge is 2.35. The van der Waals surface area contributed by atoms with Crippen LogP contribution in [0.25, 0.3) is 0 Å². The highest BCUT2D eigenvalue weighted by Crippen LogP contribution is 2.18. The van der Waals surface area contributed by atoms with Gasteiger partial charge >= 0.3 is 0 Å². The fourth-order valence-corrected chi connectivity index (χ4v) is 3.30. The Kier molecular flexibility index (Phi) is 6.53. The van der Waals surface area contributed by atoms with Gasteiger partial charge in [-0.1, -0.05) is 30.3 Å². The van der Waals surface area contributed by atoms with Crippen molar-refractivity contribution >= 4 is 11.8 Å². The van der Waals surface area contributed by atoms with Crippen LogP contribution in [0.1, 0.15) is 18.9 Å². The topological polar surface area (TPSA) is 59.1 Å². The molecule has 1 aliphatic heterocycles. The second-order valence-electron chi connectivity index (χ2n) is 6.82. The van der Waals surface area contributed by atoms with Gasteiger partial charge in [0, 0.05) is 13.1 Å². The summed E-state index contributed by atoms with van der Waals surface area (Å²) >= 11 is 0. The standard InChI is InChI=1S/C22H26N2O4/c1-17-22(26)23(15-18-7-4-3-5-8-18)16-21(25)24(17)13-6-14-28-20-11-9-19(27-2)10-12-20/h3-5,7-12,17H,6,13-16H2,1-2H3/t17-/m1/s1. The quantitative estimate of drug-likeness (QED) is 0.659. The molecule has 0 saturated carbocycles. The van der Waals surface area contributed by atoms with Crippen LogP contribution in [0.4, 0.5) is 0 Å². The summed E-state index contributed by atoms with van der Waals surface area (Å²) in [7, 11) is 1.62. The number of ether oxygens (including phenoxy) is 2. The molecule has 6 heteroatoms. The molecule has 0 bridgehead atoms. The van der Waals surface area contributed by atoms with E-state index in [0.29, 0.717) is 26.1 Å². The minimum atomic E-state index is -0.453. The predicted octanol–water partition coefficient (Wildman–Crippen LogP) is 2.72. The molecule has 3 rings (SSSR count). The number of carbonyl (C=O) groups excluding carboxylic acids is 2. The smallest absolute Gasteiger partial charge is 0.245 e. The van der Waals surface area contributed by atoms with Crippen molar-refractivity contribution in [2.45, 2.75) is 25.9 Å². The van der Waals surface area contributed by atoms with Crippen LogP contribution in [0.5, 0.6) is 11.5 Å². The van der Waals surface area contributed by atoms with Crippen LogP contribution < -0.4 is 9.47 Å². The van der Waals surface area contributed by atoms with Crippen molar-refractivity contribution in [2.24, 2.45) is 0 Å². The molecule has 2 aromatic carbocycles. The lowest BCUT2D eigenvalue weighted by molar-refractivity contribution is -0.155. The number of hydrogen-bond donors (Lipinski definition) is 0. The first kappa shape index (κ1) is 19.7. The van der Waals surface area contributed by atoms with Crippen molar-refractivity contribution in [1.82, 2.24) is 9.80 Å². The van der Waals surface area contributed by atoms with Gasteiger partial charge in [0.2, 0.25) is 11.8 Å². The maximum absolute atomic E-state index is 12.7. The Morgan fingerprint density at radius 1 is 1.00 bits per heavy atom. The van der Waals surface area contributed by atoms with E-state index in [4.69, 9.17) is 9.47 Å². The van der Waals surface area contributed by atoms with E-state index in [-0.39, 0.29) is 18.4 Å². The van der Waals surface area contributed by atoms with Gasteiger partial charge in [0.05, 0.1) is 13.7 Å². The van der Waals surface area contributed by atoms with E-state index in [1.165, 1.54) is 0 Å². The van der Waals surface area contributed by atoms with Crippen LogP contribution in [0.2, 0.25) is 0 Å². The number of nitrogens with zero attached hydrogens (tertiary/aromatic N) is 2. The molecule has 1 saturated heterocycles.